The number of nitrogens with one attached hydrogen (secondary N) is 1. The number of hydrogen-bond donors (Lipinski definition) is 1. The minimum atomic E-state index is 0.282. The van der Waals surface area contributed by atoms with Crippen LogP contribution >= 0.6 is 11.6 Å². The molecule has 1 saturated heterocycles. The van der Waals surface area contributed by atoms with Gasteiger partial charge in [-0.05, 0) is 38.6 Å². The lowest BCUT2D eigenvalue weighted by Crippen LogP contribution is -2.45. The predicted molar refractivity (Wildman–Crippen MR) is 114 cm³/mol. The minimum Gasteiger partial charge on any atom is -0.364 e. The number of anilines is 2. The second-order valence-corrected chi connectivity index (χ2v) is 8.00. The molecule has 28 heavy (non-hydrogen) atoms. The molecule has 0 bridgehead atoms. The summed E-state index contributed by atoms with van der Waals surface area (Å²) in [7, 11) is 2.15. The van der Waals surface area contributed by atoms with E-state index in [4.69, 9.17) is 21.6 Å². The zero-order valence-corrected chi connectivity index (χ0v) is 17.3. The van der Waals surface area contributed by atoms with E-state index in [1.54, 1.807) is 0 Å². The highest BCUT2D eigenvalue weighted by Gasteiger charge is 2.21. The highest BCUT2D eigenvalue weighted by molar-refractivity contribution is 6.30. The molecule has 0 unspecified atom stereocenters. The fourth-order valence-corrected chi connectivity index (χ4v) is 3.47. The molecule has 1 aliphatic rings. The highest BCUT2D eigenvalue weighted by Crippen LogP contribution is 2.25. The second-order valence-electron chi connectivity index (χ2n) is 7.56. The average Bonchev–Trinajstić information content (AvgIpc) is 3.12. The first-order valence-corrected chi connectivity index (χ1v) is 10.1. The first-order valence-electron chi connectivity index (χ1n) is 9.67. The first-order chi connectivity index (χ1) is 13.5. The van der Waals surface area contributed by atoms with Crippen LogP contribution in [0.15, 0.2) is 30.6 Å². The van der Waals surface area contributed by atoms with Crippen molar-refractivity contribution in [3.05, 3.63) is 41.2 Å². The van der Waals surface area contributed by atoms with E-state index >= 15 is 0 Å². The van der Waals surface area contributed by atoms with Crippen LogP contribution in [0.1, 0.15) is 25.5 Å². The van der Waals surface area contributed by atoms with Crippen LogP contribution in [0.25, 0.3) is 11.2 Å². The maximum Gasteiger partial charge on any atom is 0.229 e. The van der Waals surface area contributed by atoms with Crippen molar-refractivity contribution in [2.45, 2.75) is 26.4 Å². The number of fused-ring (bicyclic) bond motifs is 1. The summed E-state index contributed by atoms with van der Waals surface area (Å²) in [4.78, 5) is 18.9. The molecule has 148 valence electrons. The van der Waals surface area contributed by atoms with Crippen molar-refractivity contribution in [2.75, 3.05) is 43.4 Å². The van der Waals surface area contributed by atoms with Gasteiger partial charge in [0.25, 0.3) is 0 Å². The fraction of sp³-hybridized carbons (Fsp3) is 0.450. The number of hydrogen-bond acceptors (Lipinski definition) is 6. The number of aromatic nitrogens is 4. The van der Waals surface area contributed by atoms with Gasteiger partial charge in [-0.15, -0.1) is 0 Å². The van der Waals surface area contributed by atoms with Crippen molar-refractivity contribution in [1.82, 2.24) is 24.4 Å². The fourth-order valence-electron chi connectivity index (χ4n) is 3.34. The lowest BCUT2D eigenvalue weighted by Gasteiger charge is -2.32. The molecule has 0 radical (unpaired) electrons. The number of nitrogens with zero attached hydrogens (tertiary/aromatic N) is 6. The molecule has 3 aromatic rings. The summed E-state index contributed by atoms with van der Waals surface area (Å²) >= 11 is 5.99. The Morgan fingerprint density at radius 3 is 2.46 bits per heavy atom. The van der Waals surface area contributed by atoms with Gasteiger partial charge in [-0.2, -0.15) is 9.97 Å². The maximum atomic E-state index is 5.99. The molecule has 1 fully saturated rings. The number of rotatable bonds is 5. The van der Waals surface area contributed by atoms with Crippen molar-refractivity contribution >= 4 is 34.5 Å². The predicted octanol–water partition coefficient (Wildman–Crippen LogP) is 3.42. The van der Waals surface area contributed by atoms with Crippen molar-refractivity contribution in [1.29, 1.82) is 0 Å². The monoisotopic (exact) mass is 399 g/mol. The molecule has 7 nitrogen and oxygen atoms in total. The van der Waals surface area contributed by atoms with Gasteiger partial charge in [0.15, 0.2) is 17.0 Å². The average molecular weight is 400 g/mol. The van der Waals surface area contributed by atoms with Crippen LogP contribution in [0.4, 0.5) is 11.8 Å². The van der Waals surface area contributed by atoms with E-state index < -0.39 is 0 Å². The van der Waals surface area contributed by atoms with Crippen molar-refractivity contribution in [2.24, 2.45) is 0 Å². The zero-order valence-electron chi connectivity index (χ0n) is 16.6. The maximum absolute atomic E-state index is 5.99. The van der Waals surface area contributed by atoms with E-state index in [0.29, 0.717) is 6.54 Å². The van der Waals surface area contributed by atoms with Crippen LogP contribution in [0.2, 0.25) is 5.02 Å². The van der Waals surface area contributed by atoms with Crippen LogP contribution in [0, 0.1) is 0 Å². The van der Waals surface area contributed by atoms with Crippen molar-refractivity contribution < 1.29 is 0 Å². The number of imidazole rings is 1. The van der Waals surface area contributed by atoms with E-state index in [1.165, 1.54) is 0 Å². The van der Waals surface area contributed by atoms with Gasteiger partial charge in [0, 0.05) is 43.8 Å². The van der Waals surface area contributed by atoms with Gasteiger partial charge < -0.3 is 19.7 Å². The summed E-state index contributed by atoms with van der Waals surface area (Å²) in [5.41, 5.74) is 2.82. The second kappa shape index (κ2) is 7.93. The number of likely N-dealkylation sites (N-methyl/N-ethyl adjacent to an activating group) is 1. The van der Waals surface area contributed by atoms with Gasteiger partial charge in [0.2, 0.25) is 5.95 Å². The van der Waals surface area contributed by atoms with Crippen LogP contribution < -0.4 is 10.2 Å². The quantitative estimate of drug-likeness (QED) is 0.709. The van der Waals surface area contributed by atoms with Crippen LogP contribution in [0.3, 0.4) is 0 Å². The van der Waals surface area contributed by atoms with E-state index in [0.717, 1.165) is 59.7 Å². The third kappa shape index (κ3) is 3.91. The molecule has 0 aliphatic carbocycles. The molecule has 2 aromatic heterocycles. The summed E-state index contributed by atoms with van der Waals surface area (Å²) in [6.45, 7) is 8.80. The Kier molecular flexibility index (Phi) is 5.37. The molecule has 0 atom stereocenters. The zero-order chi connectivity index (χ0) is 19.7. The topological polar surface area (TPSA) is 62.1 Å². The van der Waals surface area contributed by atoms with Crippen LogP contribution in [0.5, 0.6) is 0 Å². The van der Waals surface area contributed by atoms with Gasteiger partial charge in [0.05, 0.1) is 6.33 Å². The summed E-state index contributed by atoms with van der Waals surface area (Å²) in [5, 5.41) is 4.19. The van der Waals surface area contributed by atoms with Gasteiger partial charge in [-0.25, -0.2) is 4.98 Å². The molecular weight excluding hydrogens is 374 g/mol. The Morgan fingerprint density at radius 1 is 1.07 bits per heavy atom. The Bertz CT molecular complexity index is 943. The number of benzene rings is 1. The van der Waals surface area contributed by atoms with Gasteiger partial charge in [-0.1, -0.05) is 23.7 Å². The van der Waals surface area contributed by atoms with E-state index in [1.807, 2.05) is 30.6 Å². The summed E-state index contributed by atoms with van der Waals surface area (Å²) in [5.74, 6) is 1.54. The molecule has 3 heterocycles. The molecule has 1 aromatic carbocycles. The Balaban J connectivity index is 1.67. The molecule has 0 amide bonds. The smallest absolute Gasteiger partial charge is 0.229 e. The largest absolute Gasteiger partial charge is 0.364 e. The third-order valence-corrected chi connectivity index (χ3v) is 5.38. The molecule has 8 heteroatoms. The summed E-state index contributed by atoms with van der Waals surface area (Å²) < 4.78 is 2.10. The lowest BCUT2D eigenvalue weighted by molar-refractivity contribution is 0.311. The standard InChI is InChI=1S/C20H26ClN7/c1-14(2)28-13-23-17-18(22-12-15-4-6-16(21)7-5-15)24-20(25-19(17)28)27-10-8-26(3)9-11-27/h4-7,13-14H,8-12H2,1-3H3,(H,22,24,25). The van der Waals surface area contributed by atoms with Crippen LogP contribution in [-0.4, -0.2) is 57.6 Å². The molecule has 1 aliphatic heterocycles. The van der Waals surface area contributed by atoms with Crippen molar-refractivity contribution in [3.8, 4) is 0 Å². The van der Waals surface area contributed by atoms with Gasteiger partial charge >= 0.3 is 0 Å². The minimum absolute atomic E-state index is 0.282. The van der Waals surface area contributed by atoms with Crippen molar-refractivity contribution in [3.63, 3.8) is 0 Å². The third-order valence-electron chi connectivity index (χ3n) is 5.13. The Labute approximate surface area is 170 Å². The van der Waals surface area contributed by atoms with E-state index in [9.17, 15) is 0 Å². The summed E-state index contributed by atoms with van der Waals surface area (Å²) in [6.07, 6.45) is 1.85. The Morgan fingerprint density at radius 2 is 1.79 bits per heavy atom. The van der Waals surface area contributed by atoms with Crippen LogP contribution in [-0.2, 0) is 6.54 Å². The molecule has 0 spiro atoms. The van der Waals surface area contributed by atoms with Gasteiger partial charge in [0.1, 0.15) is 0 Å². The van der Waals surface area contributed by atoms with Gasteiger partial charge in [-0.3, -0.25) is 0 Å². The normalized spacial score (nSPS) is 15.5. The Hall–Kier alpha value is -2.38. The lowest BCUT2D eigenvalue weighted by atomic mass is 10.2. The SMILES string of the molecule is CC(C)n1cnc2c(NCc3ccc(Cl)cc3)nc(N3CCN(C)CC3)nc21. The molecule has 4 rings (SSSR count). The highest BCUT2D eigenvalue weighted by atomic mass is 35.5. The molecular formula is C20H26ClN7. The van der Waals surface area contributed by atoms with E-state index in [-0.39, 0.29) is 6.04 Å². The molecule has 1 N–H and O–H groups in total. The number of halogens is 1. The number of piperazine rings is 1. The molecule has 0 saturated carbocycles. The van der Waals surface area contributed by atoms with E-state index in [2.05, 4.69) is 45.6 Å². The first kappa shape index (κ1) is 19.0. The summed E-state index contributed by atoms with van der Waals surface area (Å²) in [6, 6.07) is 8.11.